The second-order valence-corrected chi connectivity index (χ2v) is 3.35. The molecule has 0 unspecified atom stereocenters. The molecule has 1 aromatic rings. The number of nitrogens with two attached hydrogens (primary N) is 1. The first-order chi connectivity index (χ1) is 7.10. The largest absolute Gasteiger partial charge is 0.464 e. The summed E-state index contributed by atoms with van der Waals surface area (Å²) in [5, 5.41) is 9.67. The first-order valence-corrected chi connectivity index (χ1v) is 4.72. The van der Waals surface area contributed by atoms with Crippen LogP contribution in [0.1, 0.15) is 28.6 Å². The predicted octanol–water partition coefficient (Wildman–Crippen LogP) is 0.194. The Morgan fingerprint density at radius 1 is 1.73 bits per heavy atom. The predicted molar refractivity (Wildman–Crippen MR) is 55.4 cm³/mol. The third kappa shape index (κ3) is 2.57. The van der Waals surface area contributed by atoms with Gasteiger partial charge in [0.1, 0.15) is 5.69 Å². The van der Waals surface area contributed by atoms with E-state index in [0.29, 0.717) is 24.2 Å². The van der Waals surface area contributed by atoms with Crippen molar-refractivity contribution >= 4 is 5.97 Å². The quantitative estimate of drug-likeness (QED) is 0.699. The number of aryl methyl sites for hydroxylation is 1. The summed E-state index contributed by atoms with van der Waals surface area (Å²) in [6.07, 6.45) is 1.55. The number of hydrogen-bond acceptors (Lipinski definition) is 4. The second-order valence-electron chi connectivity index (χ2n) is 3.35. The number of esters is 1. The van der Waals surface area contributed by atoms with E-state index in [1.807, 2.05) is 0 Å². The Kier molecular flexibility index (Phi) is 3.88. The highest BCUT2D eigenvalue weighted by molar-refractivity contribution is 5.87. The number of aliphatic hydroxyl groups is 1. The number of rotatable bonds is 4. The van der Waals surface area contributed by atoms with Crippen molar-refractivity contribution in [2.45, 2.75) is 12.5 Å². The van der Waals surface area contributed by atoms with E-state index in [-0.39, 0.29) is 0 Å². The molecule has 0 amide bonds. The molecule has 3 N–H and O–H groups in total. The van der Waals surface area contributed by atoms with Gasteiger partial charge >= 0.3 is 5.97 Å². The molecule has 0 aliphatic heterocycles. The zero-order chi connectivity index (χ0) is 11.4. The highest BCUT2D eigenvalue weighted by atomic mass is 16.5. The Morgan fingerprint density at radius 3 is 2.93 bits per heavy atom. The van der Waals surface area contributed by atoms with Gasteiger partial charge in [0.2, 0.25) is 0 Å². The normalized spacial score (nSPS) is 12.5. The lowest BCUT2D eigenvalue weighted by molar-refractivity contribution is 0.0590. The van der Waals surface area contributed by atoms with Gasteiger partial charge < -0.3 is 20.1 Å². The smallest absolute Gasteiger partial charge is 0.354 e. The fourth-order valence-corrected chi connectivity index (χ4v) is 1.40. The van der Waals surface area contributed by atoms with E-state index in [4.69, 9.17) is 5.73 Å². The maximum absolute atomic E-state index is 11.3. The van der Waals surface area contributed by atoms with Gasteiger partial charge in [0.05, 0.1) is 13.2 Å². The molecule has 1 heterocycles. The van der Waals surface area contributed by atoms with E-state index in [9.17, 15) is 9.90 Å². The molecule has 5 nitrogen and oxygen atoms in total. The number of methoxy groups -OCH3 is 1. The minimum absolute atomic E-state index is 0.406. The van der Waals surface area contributed by atoms with E-state index in [1.165, 1.54) is 7.11 Å². The van der Waals surface area contributed by atoms with Crippen LogP contribution in [0.25, 0.3) is 0 Å². The maximum atomic E-state index is 11.3. The van der Waals surface area contributed by atoms with Gasteiger partial charge in [-0.05, 0) is 24.6 Å². The van der Waals surface area contributed by atoms with Crippen LogP contribution in [-0.2, 0) is 11.8 Å². The molecule has 0 bridgehead atoms. The SMILES string of the molecule is COC(=O)c1cc([C@H](O)CCN)cn1C. The van der Waals surface area contributed by atoms with Crippen molar-refractivity contribution in [2.75, 3.05) is 13.7 Å². The first kappa shape index (κ1) is 11.7. The molecule has 1 aromatic heterocycles. The molecule has 15 heavy (non-hydrogen) atoms. The molecule has 0 aliphatic carbocycles. The minimum Gasteiger partial charge on any atom is -0.464 e. The van der Waals surface area contributed by atoms with Crippen LogP contribution >= 0.6 is 0 Å². The van der Waals surface area contributed by atoms with E-state index in [2.05, 4.69) is 4.74 Å². The molecular weight excluding hydrogens is 196 g/mol. The molecule has 1 rings (SSSR count). The molecule has 0 radical (unpaired) electrons. The van der Waals surface area contributed by atoms with Crippen molar-refractivity contribution in [2.24, 2.45) is 12.8 Å². The monoisotopic (exact) mass is 212 g/mol. The van der Waals surface area contributed by atoms with Crippen LogP contribution in [0.5, 0.6) is 0 Å². The summed E-state index contributed by atoms with van der Waals surface area (Å²) in [5.41, 5.74) is 6.44. The number of carbonyl (C=O) groups is 1. The van der Waals surface area contributed by atoms with Crippen LogP contribution in [-0.4, -0.2) is 29.3 Å². The zero-order valence-electron chi connectivity index (χ0n) is 8.93. The number of aliphatic hydroxyl groups excluding tert-OH is 1. The maximum Gasteiger partial charge on any atom is 0.354 e. The Labute approximate surface area is 88.4 Å². The molecule has 5 heteroatoms. The summed E-state index contributed by atoms with van der Waals surface area (Å²) in [6, 6.07) is 1.62. The Hall–Kier alpha value is -1.33. The van der Waals surface area contributed by atoms with Crippen molar-refractivity contribution in [3.8, 4) is 0 Å². The summed E-state index contributed by atoms with van der Waals surface area (Å²) >= 11 is 0. The fourth-order valence-electron chi connectivity index (χ4n) is 1.40. The lowest BCUT2D eigenvalue weighted by Crippen LogP contribution is -2.06. The van der Waals surface area contributed by atoms with Crippen LogP contribution in [0.2, 0.25) is 0 Å². The molecule has 0 saturated heterocycles. The molecule has 0 fully saturated rings. The molecule has 0 saturated carbocycles. The summed E-state index contributed by atoms with van der Waals surface area (Å²) in [6.45, 7) is 0.406. The molecule has 0 spiro atoms. The average molecular weight is 212 g/mol. The summed E-state index contributed by atoms with van der Waals surface area (Å²) in [4.78, 5) is 11.3. The number of nitrogens with zero attached hydrogens (tertiary/aromatic N) is 1. The molecular formula is C10H16N2O3. The van der Waals surface area contributed by atoms with Crippen molar-refractivity contribution < 1.29 is 14.6 Å². The Morgan fingerprint density at radius 2 is 2.40 bits per heavy atom. The fraction of sp³-hybridized carbons (Fsp3) is 0.500. The number of hydrogen-bond donors (Lipinski definition) is 2. The lowest BCUT2D eigenvalue weighted by Gasteiger charge is -2.05. The number of ether oxygens (including phenoxy) is 1. The van der Waals surface area contributed by atoms with Gasteiger partial charge in [0.25, 0.3) is 0 Å². The van der Waals surface area contributed by atoms with Crippen LogP contribution in [0.3, 0.4) is 0 Å². The minimum atomic E-state index is -0.625. The van der Waals surface area contributed by atoms with Crippen molar-refractivity contribution in [1.29, 1.82) is 0 Å². The van der Waals surface area contributed by atoms with Crippen LogP contribution < -0.4 is 5.73 Å². The second kappa shape index (κ2) is 4.95. The molecule has 0 aliphatic rings. The van der Waals surface area contributed by atoms with E-state index >= 15 is 0 Å². The van der Waals surface area contributed by atoms with Gasteiger partial charge in [0.15, 0.2) is 0 Å². The van der Waals surface area contributed by atoms with Gasteiger partial charge in [-0.25, -0.2) is 4.79 Å². The van der Waals surface area contributed by atoms with E-state index in [0.717, 1.165) is 0 Å². The van der Waals surface area contributed by atoms with Crippen molar-refractivity contribution in [1.82, 2.24) is 4.57 Å². The molecule has 84 valence electrons. The van der Waals surface area contributed by atoms with E-state index < -0.39 is 12.1 Å². The topological polar surface area (TPSA) is 77.5 Å². The highest BCUT2D eigenvalue weighted by Gasteiger charge is 2.15. The van der Waals surface area contributed by atoms with Crippen LogP contribution in [0.15, 0.2) is 12.3 Å². The van der Waals surface area contributed by atoms with Gasteiger partial charge in [-0.1, -0.05) is 0 Å². The zero-order valence-corrected chi connectivity index (χ0v) is 8.93. The van der Waals surface area contributed by atoms with E-state index in [1.54, 1.807) is 23.9 Å². The third-order valence-electron chi connectivity index (χ3n) is 2.25. The first-order valence-electron chi connectivity index (χ1n) is 4.72. The van der Waals surface area contributed by atoms with Crippen molar-refractivity contribution in [3.05, 3.63) is 23.5 Å². The Bertz CT molecular complexity index is 346. The van der Waals surface area contributed by atoms with Crippen LogP contribution in [0.4, 0.5) is 0 Å². The Balaban J connectivity index is 2.90. The lowest BCUT2D eigenvalue weighted by atomic mass is 10.1. The standard InChI is InChI=1S/C10H16N2O3/c1-12-6-7(9(13)3-4-11)5-8(12)10(14)15-2/h5-6,9,13H,3-4,11H2,1-2H3/t9-/m1/s1. The summed E-state index contributed by atoms with van der Waals surface area (Å²) in [5.74, 6) is -0.413. The van der Waals surface area contributed by atoms with Crippen LogP contribution in [0, 0.1) is 0 Å². The van der Waals surface area contributed by atoms with Gasteiger partial charge in [-0.2, -0.15) is 0 Å². The van der Waals surface area contributed by atoms with Gasteiger partial charge in [-0.15, -0.1) is 0 Å². The average Bonchev–Trinajstić information content (AvgIpc) is 2.60. The molecule has 0 aromatic carbocycles. The molecule has 1 atom stereocenters. The third-order valence-corrected chi connectivity index (χ3v) is 2.25. The summed E-state index contributed by atoms with van der Waals surface area (Å²) in [7, 11) is 3.05. The number of carbonyl (C=O) groups excluding carboxylic acids is 1. The summed E-state index contributed by atoms with van der Waals surface area (Å²) < 4.78 is 6.23. The highest BCUT2D eigenvalue weighted by Crippen LogP contribution is 2.18. The number of aromatic nitrogens is 1. The van der Waals surface area contributed by atoms with Gasteiger partial charge in [-0.3, -0.25) is 0 Å². The van der Waals surface area contributed by atoms with Crippen molar-refractivity contribution in [3.63, 3.8) is 0 Å². The van der Waals surface area contributed by atoms with Gasteiger partial charge in [0, 0.05) is 13.2 Å².